The van der Waals surface area contributed by atoms with Crippen molar-refractivity contribution in [1.29, 1.82) is 0 Å². The lowest BCUT2D eigenvalue weighted by Gasteiger charge is -2.25. The van der Waals surface area contributed by atoms with Gasteiger partial charge in [0.15, 0.2) is 0 Å². The summed E-state index contributed by atoms with van der Waals surface area (Å²) < 4.78 is 0. The minimum absolute atomic E-state index is 0.150. The summed E-state index contributed by atoms with van der Waals surface area (Å²) in [6.07, 6.45) is 5.79. The van der Waals surface area contributed by atoms with Gasteiger partial charge in [0.25, 0.3) is 0 Å². The zero-order chi connectivity index (χ0) is 21.5. The highest BCUT2D eigenvalue weighted by Gasteiger charge is 2.59. The lowest BCUT2D eigenvalue weighted by atomic mass is 9.85. The molecule has 3 aliphatic rings. The zero-order valence-corrected chi connectivity index (χ0v) is 18.4. The first-order valence-corrected chi connectivity index (χ1v) is 11.7. The van der Waals surface area contributed by atoms with E-state index < -0.39 is 0 Å². The molecule has 0 spiro atoms. The number of hydrogen-bond acceptors (Lipinski definition) is 4. The predicted molar refractivity (Wildman–Crippen MR) is 119 cm³/mol. The molecular weight excluding hydrogens is 408 g/mol. The average Bonchev–Trinajstić information content (AvgIpc) is 3.54. The average molecular weight is 435 g/mol. The van der Waals surface area contributed by atoms with Gasteiger partial charge in [0.2, 0.25) is 17.7 Å². The maximum Gasteiger partial charge on any atom is 0.243 e. The predicted octanol–water partition coefficient (Wildman–Crippen LogP) is 3.43. The molecule has 2 aliphatic carbocycles. The molecule has 31 heavy (non-hydrogen) atoms. The van der Waals surface area contributed by atoms with Gasteiger partial charge in [-0.15, -0.1) is 11.3 Å². The maximum absolute atomic E-state index is 13.3. The van der Waals surface area contributed by atoms with Crippen molar-refractivity contribution in [1.82, 2.24) is 9.80 Å². The van der Waals surface area contributed by atoms with Gasteiger partial charge in [-0.1, -0.05) is 42.5 Å². The van der Waals surface area contributed by atoms with Crippen molar-refractivity contribution in [3.05, 3.63) is 69.9 Å². The zero-order valence-electron chi connectivity index (χ0n) is 17.6. The Hall–Kier alpha value is -2.73. The summed E-state index contributed by atoms with van der Waals surface area (Å²) in [4.78, 5) is 44.6. The second-order valence-corrected chi connectivity index (χ2v) is 10.2. The highest BCUT2D eigenvalue weighted by Crippen LogP contribution is 2.52. The first-order chi connectivity index (χ1) is 15.0. The molecule has 2 heterocycles. The molecule has 4 unspecified atom stereocenters. The number of benzene rings is 1. The number of rotatable bonds is 7. The van der Waals surface area contributed by atoms with E-state index >= 15 is 0 Å². The molecule has 4 atom stereocenters. The number of hydrogen-bond donors (Lipinski definition) is 0. The quantitative estimate of drug-likeness (QED) is 0.496. The Morgan fingerprint density at radius 3 is 2.32 bits per heavy atom. The first-order valence-electron chi connectivity index (χ1n) is 10.9. The van der Waals surface area contributed by atoms with Gasteiger partial charge in [-0.25, -0.2) is 0 Å². The molecule has 0 radical (unpaired) electrons. The fourth-order valence-electron chi connectivity index (χ4n) is 5.31. The van der Waals surface area contributed by atoms with Crippen LogP contribution in [0.1, 0.15) is 21.7 Å². The number of aryl methyl sites for hydroxylation is 1. The van der Waals surface area contributed by atoms with E-state index in [-0.39, 0.29) is 47.9 Å². The highest BCUT2D eigenvalue weighted by atomic mass is 32.1. The number of thiophene rings is 1. The summed E-state index contributed by atoms with van der Waals surface area (Å²) in [6.45, 7) is 2.95. The van der Waals surface area contributed by atoms with Gasteiger partial charge in [-0.3, -0.25) is 19.3 Å². The van der Waals surface area contributed by atoms with Gasteiger partial charge >= 0.3 is 0 Å². The van der Waals surface area contributed by atoms with Crippen molar-refractivity contribution in [3.8, 4) is 0 Å². The van der Waals surface area contributed by atoms with Crippen LogP contribution in [0.5, 0.6) is 0 Å². The van der Waals surface area contributed by atoms with Gasteiger partial charge in [0, 0.05) is 16.3 Å². The number of allylic oxidation sites excluding steroid dienone is 2. The van der Waals surface area contributed by atoms with E-state index in [4.69, 9.17) is 0 Å². The number of likely N-dealkylation sites (tertiary alicyclic amines) is 1. The number of nitrogens with zero attached hydrogens (tertiary/aromatic N) is 2. The Kier molecular flexibility index (Phi) is 5.26. The lowest BCUT2D eigenvalue weighted by molar-refractivity contribution is -0.147. The number of imide groups is 1. The molecule has 160 valence electrons. The van der Waals surface area contributed by atoms with Gasteiger partial charge in [0.05, 0.1) is 18.4 Å². The molecule has 1 aromatic heterocycles. The molecular formula is C25H26N2O3S. The Balaban J connectivity index is 1.30. The molecule has 0 N–H and O–H groups in total. The van der Waals surface area contributed by atoms with Crippen LogP contribution < -0.4 is 0 Å². The van der Waals surface area contributed by atoms with E-state index in [2.05, 4.69) is 30.4 Å². The molecule has 5 nitrogen and oxygen atoms in total. The van der Waals surface area contributed by atoms with E-state index in [1.165, 1.54) is 9.78 Å². The Labute approximate surface area is 186 Å². The smallest absolute Gasteiger partial charge is 0.243 e. The third-order valence-corrected chi connectivity index (χ3v) is 7.85. The topological polar surface area (TPSA) is 57.7 Å². The second-order valence-electron chi connectivity index (χ2n) is 8.83. The Bertz CT molecular complexity index is 1010. The molecule has 5 rings (SSSR count). The molecule has 1 saturated carbocycles. The van der Waals surface area contributed by atoms with Gasteiger partial charge in [-0.2, -0.15) is 0 Å². The minimum Gasteiger partial charge on any atom is -0.336 e. The Morgan fingerprint density at radius 1 is 1.03 bits per heavy atom. The van der Waals surface area contributed by atoms with E-state index in [1.54, 1.807) is 16.2 Å². The molecule has 2 bridgehead atoms. The van der Waals surface area contributed by atoms with Gasteiger partial charge in [0.1, 0.15) is 6.54 Å². The van der Waals surface area contributed by atoms with Crippen molar-refractivity contribution >= 4 is 29.1 Å². The van der Waals surface area contributed by atoms with Crippen molar-refractivity contribution in [2.75, 3.05) is 13.1 Å². The monoisotopic (exact) mass is 434 g/mol. The number of fused-ring (bicyclic) bond motifs is 5. The van der Waals surface area contributed by atoms with Gasteiger partial charge < -0.3 is 4.90 Å². The van der Waals surface area contributed by atoms with Crippen LogP contribution in [-0.4, -0.2) is 40.6 Å². The van der Waals surface area contributed by atoms with E-state index in [9.17, 15) is 14.4 Å². The van der Waals surface area contributed by atoms with E-state index in [1.807, 2.05) is 31.2 Å². The highest BCUT2D eigenvalue weighted by molar-refractivity contribution is 7.11. The molecule has 6 heteroatoms. The molecule has 3 amide bonds. The lowest BCUT2D eigenvalue weighted by Crippen LogP contribution is -2.44. The molecule has 2 aromatic rings. The third-order valence-electron chi connectivity index (χ3n) is 6.86. The molecule has 1 aromatic carbocycles. The fourth-order valence-corrected chi connectivity index (χ4v) is 6.22. The number of carbonyl (C=O) groups is 3. The SMILES string of the molecule is Cc1ccc(CN(CCc2ccccc2)C(=O)CN2C(=O)C3C4C=CC(C4)C3C2=O)s1. The van der Waals surface area contributed by atoms with E-state index in [0.717, 1.165) is 23.3 Å². The van der Waals surface area contributed by atoms with E-state index in [0.29, 0.717) is 13.1 Å². The Morgan fingerprint density at radius 2 is 1.71 bits per heavy atom. The minimum atomic E-state index is -0.256. The fraction of sp³-hybridized carbons (Fsp3) is 0.400. The van der Waals surface area contributed by atoms with Crippen LogP contribution in [0, 0.1) is 30.6 Å². The summed E-state index contributed by atoms with van der Waals surface area (Å²) in [5.41, 5.74) is 1.16. The molecule has 1 saturated heterocycles. The van der Waals surface area contributed by atoms with Crippen LogP contribution in [-0.2, 0) is 27.3 Å². The number of carbonyl (C=O) groups excluding carboxylic acids is 3. The van der Waals surface area contributed by atoms with Crippen molar-refractivity contribution < 1.29 is 14.4 Å². The number of amides is 3. The third kappa shape index (κ3) is 3.74. The van der Waals surface area contributed by atoms with Crippen LogP contribution in [0.2, 0.25) is 0 Å². The summed E-state index contributed by atoms with van der Waals surface area (Å²) >= 11 is 1.67. The molecule has 2 fully saturated rings. The standard InChI is InChI=1S/C25H26N2O3S/c1-16-7-10-20(31-16)14-26(12-11-17-5-3-2-4-6-17)21(28)15-27-24(29)22-18-8-9-19(13-18)23(22)25(27)30/h2-10,18-19,22-23H,11-15H2,1H3. The van der Waals surface area contributed by atoms with Crippen LogP contribution in [0.4, 0.5) is 0 Å². The van der Waals surface area contributed by atoms with Crippen LogP contribution in [0.15, 0.2) is 54.6 Å². The van der Waals surface area contributed by atoms with Crippen LogP contribution in [0.3, 0.4) is 0 Å². The summed E-state index contributed by atoms with van der Waals surface area (Å²) in [6, 6.07) is 14.2. The summed E-state index contributed by atoms with van der Waals surface area (Å²) in [5, 5.41) is 0. The first kappa shape index (κ1) is 20.2. The molecule has 1 aliphatic heterocycles. The van der Waals surface area contributed by atoms with Crippen molar-refractivity contribution in [3.63, 3.8) is 0 Å². The largest absolute Gasteiger partial charge is 0.336 e. The summed E-state index contributed by atoms with van der Waals surface area (Å²) in [7, 11) is 0. The van der Waals surface area contributed by atoms with Gasteiger partial charge in [-0.05, 0) is 49.3 Å². The van der Waals surface area contributed by atoms with Crippen LogP contribution in [0.25, 0.3) is 0 Å². The summed E-state index contributed by atoms with van der Waals surface area (Å²) in [5.74, 6) is -0.667. The van der Waals surface area contributed by atoms with Crippen molar-refractivity contribution in [2.45, 2.75) is 26.3 Å². The second kappa shape index (κ2) is 8.08. The van der Waals surface area contributed by atoms with Crippen molar-refractivity contribution in [2.24, 2.45) is 23.7 Å². The maximum atomic E-state index is 13.3. The van der Waals surface area contributed by atoms with Crippen LogP contribution >= 0.6 is 11.3 Å². The normalized spacial score (nSPS) is 26.0.